The van der Waals surface area contributed by atoms with Crippen LogP contribution >= 0.6 is 0 Å². The summed E-state index contributed by atoms with van der Waals surface area (Å²) >= 11 is 0. The van der Waals surface area contributed by atoms with Crippen molar-refractivity contribution in [1.82, 2.24) is 20.9 Å². The van der Waals surface area contributed by atoms with Crippen molar-refractivity contribution in [2.24, 2.45) is 34.8 Å². The highest BCUT2D eigenvalue weighted by atomic mass is 16.5. The quantitative estimate of drug-likeness (QED) is 0.0196. The molecule has 5 rings (SSSR count). The zero-order chi connectivity index (χ0) is 63.1. The molecule has 3 aromatic rings. The first-order valence-corrected chi connectivity index (χ1v) is 31.7. The number of rotatable bonds is 42. The Bertz CT molecular complexity index is 2700. The van der Waals surface area contributed by atoms with Gasteiger partial charge < -0.3 is 72.6 Å². The maximum absolute atomic E-state index is 14.3. The van der Waals surface area contributed by atoms with Crippen molar-refractivity contribution in [2.45, 2.75) is 167 Å². The number of ether oxygens (including phenoxy) is 5. The molecule has 2 saturated carbocycles. The Morgan fingerprint density at radius 1 is 0.471 bits per heavy atom. The summed E-state index contributed by atoms with van der Waals surface area (Å²) in [6.45, 7) is 7.21. The summed E-state index contributed by atoms with van der Waals surface area (Å²) in [5.74, 6) is -1.69. The van der Waals surface area contributed by atoms with Crippen LogP contribution in [0.2, 0.25) is 0 Å². The van der Waals surface area contributed by atoms with E-state index in [9.17, 15) is 38.7 Å². The van der Waals surface area contributed by atoms with Crippen LogP contribution in [0.15, 0.2) is 36.4 Å². The maximum atomic E-state index is 14.3. The molecule has 87 heavy (non-hydrogen) atoms. The number of nitrogens with two attached hydrogens (primary N) is 4. The molecule has 0 radical (unpaired) electrons. The van der Waals surface area contributed by atoms with Gasteiger partial charge in [-0.15, -0.1) is 0 Å². The number of nitrogens with one attached hydrogen (secondary N) is 3. The second-order valence-corrected chi connectivity index (χ2v) is 23.6. The molecule has 21 heteroatoms. The van der Waals surface area contributed by atoms with Gasteiger partial charge in [-0.2, -0.15) is 0 Å². The molecule has 0 heterocycles. The third-order valence-corrected chi connectivity index (χ3v) is 16.1. The summed E-state index contributed by atoms with van der Waals surface area (Å²) in [4.78, 5) is 97.1. The number of carbonyl (C=O) groups is 7. The van der Waals surface area contributed by atoms with Crippen molar-refractivity contribution >= 4 is 41.0 Å². The lowest BCUT2D eigenvalue weighted by Gasteiger charge is -2.29. The van der Waals surface area contributed by atoms with Crippen molar-refractivity contribution in [3.63, 3.8) is 0 Å². The van der Waals surface area contributed by atoms with Crippen LogP contribution in [0.4, 0.5) is 0 Å². The molecule has 3 aromatic carbocycles. The van der Waals surface area contributed by atoms with Gasteiger partial charge in [0.15, 0.2) is 24.0 Å². The summed E-state index contributed by atoms with van der Waals surface area (Å²) in [6, 6.07) is 9.06. The molecule has 0 unspecified atom stereocenters. The Balaban J connectivity index is 1.24. The highest BCUT2D eigenvalue weighted by Gasteiger charge is 2.31. The van der Waals surface area contributed by atoms with Gasteiger partial charge >= 0.3 is 5.97 Å². The number of hydrogen-bond acceptors (Lipinski definition) is 17. The van der Waals surface area contributed by atoms with Crippen LogP contribution in [-0.4, -0.2) is 150 Å². The smallest absolute Gasteiger partial charge is 0.341 e. The fourth-order valence-electron chi connectivity index (χ4n) is 11.1. The van der Waals surface area contributed by atoms with E-state index in [4.69, 9.17) is 46.6 Å². The summed E-state index contributed by atoms with van der Waals surface area (Å²) in [6.07, 6.45) is 15.0. The molecule has 2 fully saturated rings. The van der Waals surface area contributed by atoms with Gasteiger partial charge in [0.25, 0.3) is 17.7 Å². The highest BCUT2D eigenvalue weighted by Crippen LogP contribution is 2.37. The van der Waals surface area contributed by atoms with Crippen molar-refractivity contribution in [1.29, 1.82) is 0 Å². The number of benzene rings is 3. The third kappa shape index (κ3) is 24.1. The van der Waals surface area contributed by atoms with Gasteiger partial charge in [0.1, 0.15) is 28.7 Å². The number of carboxylic acid groups (broad SMARTS) is 1. The van der Waals surface area contributed by atoms with E-state index in [2.05, 4.69) is 16.0 Å². The van der Waals surface area contributed by atoms with E-state index in [0.717, 1.165) is 77.0 Å². The molecule has 0 spiro atoms. The van der Waals surface area contributed by atoms with Crippen LogP contribution in [0.25, 0.3) is 0 Å². The summed E-state index contributed by atoms with van der Waals surface area (Å²) < 4.78 is 30.3. The molecular formula is C66H100N8O13. The standard InChI is InChI=1S/C66H100N8O13/c1-44-35-58(87-43-63(78)79)52(38-50(44)56(76)36-46-17-21-48(22-18-46)72-65(81)54-39-51(45(2)75)59(83-31-13-5-9-25-67)41-61(54)85-33-15-7-11-27-69)57(77)37-47-19-23-49(24-20-47)73-66(82)55-40-53(64(80)71-29-30-74(3)4)60(84-32-14-6-10-26-68)42-62(55)86-34-16-8-12-28-70/h35,38-42,46-49H,5-34,36-37,43,67-70H2,1-4H3,(H,71,80)(H,72,81)(H,73,82)(H,78,79). The van der Waals surface area contributed by atoms with E-state index < -0.39 is 18.5 Å². The number of carboxylic acids is 1. The van der Waals surface area contributed by atoms with Crippen molar-refractivity contribution in [2.75, 3.05) is 86.4 Å². The van der Waals surface area contributed by atoms with Gasteiger partial charge in [0.05, 0.1) is 54.2 Å². The average molecular weight is 1210 g/mol. The molecular weight excluding hydrogens is 1110 g/mol. The molecule has 2 aliphatic carbocycles. The van der Waals surface area contributed by atoms with Crippen LogP contribution in [0.3, 0.4) is 0 Å². The summed E-state index contributed by atoms with van der Waals surface area (Å²) in [5.41, 5.74) is 24.8. The molecule has 2 aliphatic rings. The van der Waals surface area contributed by atoms with Crippen LogP contribution < -0.4 is 62.6 Å². The van der Waals surface area contributed by atoms with Gasteiger partial charge in [-0.1, -0.05) is 0 Å². The van der Waals surface area contributed by atoms with Gasteiger partial charge in [0, 0.05) is 55.7 Å². The first-order chi connectivity index (χ1) is 42.0. The lowest BCUT2D eigenvalue weighted by Crippen LogP contribution is -2.38. The van der Waals surface area contributed by atoms with Crippen LogP contribution in [-0.2, 0) is 4.79 Å². The van der Waals surface area contributed by atoms with E-state index in [0.29, 0.717) is 157 Å². The predicted octanol–water partition coefficient (Wildman–Crippen LogP) is 8.11. The maximum Gasteiger partial charge on any atom is 0.341 e. The molecule has 482 valence electrons. The lowest BCUT2D eigenvalue weighted by molar-refractivity contribution is -0.139. The van der Waals surface area contributed by atoms with Gasteiger partial charge in [-0.05, 0) is 224 Å². The minimum Gasteiger partial charge on any atom is -0.493 e. The molecule has 0 bridgehead atoms. The third-order valence-electron chi connectivity index (χ3n) is 16.1. The average Bonchev–Trinajstić information content (AvgIpc) is 2.04. The number of amides is 3. The molecule has 0 aromatic heterocycles. The predicted molar refractivity (Wildman–Crippen MR) is 336 cm³/mol. The largest absolute Gasteiger partial charge is 0.493 e. The van der Waals surface area contributed by atoms with Gasteiger partial charge in [-0.25, -0.2) is 4.79 Å². The summed E-state index contributed by atoms with van der Waals surface area (Å²) in [7, 11) is 3.83. The molecule has 0 atom stereocenters. The minimum absolute atomic E-state index is 0.000986. The number of aliphatic carboxylic acids is 1. The first-order valence-electron chi connectivity index (χ1n) is 31.7. The van der Waals surface area contributed by atoms with E-state index in [1.165, 1.54) is 6.92 Å². The number of nitrogens with zero attached hydrogens (tertiary/aromatic N) is 1. The SMILES string of the molecule is CC(=O)c1cc(C(=O)NC2CCC(CC(=O)c3cc(C(=O)CC4CCC(NC(=O)c5cc(C(=O)NCCN(C)C)c(OCCCCCN)cc5OCCCCCN)CC4)c(OCC(=O)O)cc3C)CC2)c(OCCCCCN)cc1OCCCCCN. The second-order valence-electron chi connectivity index (χ2n) is 23.6. The second kappa shape index (κ2) is 38.6. The molecule has 0 aliphatic heterocycles. The zero-order valence-electron chi connectivity index (χ0n) is 52.2. The number of aryl methyl sites for hydroxylation is 1. The van der Waals surface area contributed by atoms with Crippen molar-refractivity contribution < 1.29 is 62.4 Å². The van der Waals surface area contributed by atoms with Crippen LogP contribution in [0, 0.1) is 18.8 Å². The van der Waals surface area contributed by atoms with Crippen molar-refractivity contribution in [3.05, 3.63) is 75.3 Å². The van der Waals surface area contributed by atoms with E-state index in [-0.39, 0.29) is 93.9 Å². The lowest BCUT2D eigenvalue weighted by atomic mass is 9.80. The fraction of sp³-hybridized carbons (Fsp3) is 0.621. The molecule has 0 saturated heterocycles. The Morgan fingerprint density at radius 3 is 1.23 bits per heavy atom. The van der Waals surface area contributed by atoms with Gasteiger partial charge in [-0.3, -0.25) is 28.8 Å². The number of ketones is 3. The van der Waals surface area contributed by atoms with Gasteiger partial charge in [0.2, 0.25) is 0 Å². The number of carbonyl (C=O) groups excluding carboxylic acids is 6. The molecule has 3 amide bonds. The van der Waals surface area contributed by atoms with Crippen LogP contribution in [0.5, 0.6) is 28.7 Å². The van der Waals surface area contributed by atoms with E-state index in [1.807, 2.05) is 19.0 Å². The van der Waals surface area contributed by atoms with E-state index >= 15 is 0 Å². The molecule has 12 N–H and O–H groups in total. The Kier molecular flexibility index (Phi) is 31.5. The monoisotopic (exact) mass is 1210 g/mol. The topological polar surface area (TPSA) is 329 Å². The Hall–Kier alpha value is -6.65. The van der Waals surface area contributed by atoms with E-state index in [1.54, 1.807) is 43.3 Å². The Morgan fingerprint density at radius 2 is 0.839 bits per heavy atom. The fourth-order valence-corrected chi connectivity index (χ4v) is 11.1. The minimum atomic E-state index is -1.21. The normalized spacial score (nSPS) is 16.6. The number of Topliss-reactive ketones (excluding diaryl/α,β-unsaturated/α-hetero) is 3. The summed E-state index contributed by atoms with van der Waals surface area (Å²) in [5, 5.41) is 18.8. The number of likely N-dealkylation sites (N-methyl/N-ethyl adjacent to an activating group) is 1. The highest BCUT2D eigenvalue weighted by molar-refractivity contribution is 6.06. The van der Waals surface area contributed by atoms with Crippen LogP contribution in [0.1, 0.15) is 216 Å². The number of hydrogen-bond donors (Lipinski definition) is 8. The van der Waals surface area contributed by atoms with Crippen molar-refractivity contribution in [3.8, 4) is 28.7 Å². The Labute approximate surface area is 514 Å². The zero-order valence-corrected chi connectivity index (χ0v) is 52.2. The molecule has 21 nitrogen and oxygen atoms in total. The number of unbranched alkanes of at least 4 members (excludes halogenated alkanes) is 8. The first kappa shape index (κ1) is 71.1.